The van der Waals surface area contributed by atoms with Crippen LogP contribution in [0.25, 0.3) is 22.4 Å². The zero-order valence-corrected chi connectivity index (χ0v) is 20.6. The van der Waals surface area contributed by atoms with E-state index in [1.807, 2.05) is 53.4 Å². The molecule has 1 aliphatic heterocycles. The Kier molecular flexibility index (Phi) is 5.81. The van der Waals surface area contributed by atoms with Crippen molar-refractivity contribution in [2.24, 2.45) is 0 Å². The van der Waals surface area contributed by atoms with Crippen molar-refractivity contribution in [2.75, 3.05) is 17.8 Å². The molecule has 0 fully saturated rings. The first-order valence-corrected chi connectivity index (χ1v) is 12.4. The monoisotopic (exact) mass is 472 g/mol. The van der Waals surface area contributed by atoms with Gasteiger partial charge in [0.25, 0.3) is 0 Å². The van der Waals surface area contributed by atoms with Crippen molar-refractivity contribution in [2.45, 2.75) is 43.7 Å². The first-order valence-electron chi connectivity index (χ1n) is 11.4. The number of aromatic amines is 1. The topological polar surface area (TPSA) is 71.1 Å². The second kappa shape index (κ2) is 8.80. The molecule has 7 heteroatoms. The van der Waals surface area contributed by atoms with Gasteiger partial charge < -0.3 is 14.6 Å². The zero-order valence-electron chi connectivity index (χ0n) is 19.8. The van der Waals surface area contributed by atoms with E-state index < -0.39 is 0 Å². The molecular formula is C27H28N4O2S. The number of imidazole rings is 1. The van der Waals surface area contributed by atoms with E-state index in [1.54, 1.807) is 13.3 Å². The molecule has 6 nitrogen and oxygen atoms in total. The van der Waals surface area contributed by atoms with Gasteiger partial charge in [-0.15, -0.1) is 0 Å². The minimum absolute atomic E-state index is 0.0644. The Bertz CT molecular complexity index is 1330. The third-order valence-electron chi connectivity index (χ3n) is 6.41. The summed E-state index contributed by atoms with van der Waals surface area (Å²) in [7, 11) is 1.67. The average molecular weight is 473 g/mol. The van der Waals surface area contributed by atoms with Crippen LogP contribution in [-0.4, -0.2) is 39.3 Å². The van der Waals surface area contributed by atoms with Gasteiger partial charge in [0.05, 0.1) is 23.9 Å². The van der Waals surface area contributed by atoms with Crippen LogP contribution in [0.4, 0.5) is 5.69 Å². The van der Waals surface area contributed by atoms with E-state index in [2.05, 4.69) is 36.8 Å². The standard InChI is InChI=1S/C27H28N4O2S/c1-17-15-27(2,3)31(23-12-11-18(33-4)14-20(17)23)24(32)16-34-26-19(8-7-13-28-26)25-29-21-9-5-6-10-22(21)30-25/h5-14,17H,15-16H2,1-4H3,(H,29,30)/t17-/m1/s1. The number of pyridine rings is 1. The van der Waals surface area contributed by atoms with Gasteiger partial charge in [0.15, 0.2) is 0 Å². The number of methoxy groups -OCH3 is 1. The van der Waals surface area contributed by atoms with Gasteiger partial charge in [-0.2, -0.15) is 0 Å². The number of hydrogen-bond donors (Lipinski definition) is 1. The van der Waals surface area contributed by atoms with E-state index in [0.29, 0.717) is 5.92 Å². The first kappa shape index (κ1) is 22.5. The predicted octanol–water partition coefficient (Wildman–Crippen LogP) is 6.04. The first-order chi connectivity index (χ1) is 16.4. The number of thioether (sulfide) groups is 1. The van der Waals surface area contributed by atoms with Gasteiger partial charge >= 0.3 is 0 Å². The van der Waals surface area contributed by atoms with E-state index >= 15 is 0 Å². The highest BCUT2D eigenvalue weighted by molar-refractivity contribution is 8.00. The summed E-state index contributed by atoms with van der Waals surface area (Å²) in [4.78, 5) is 28.2. The van der Waals surface area contributed by atoms with Crippen molar-refractivity contribution in [1.82, 2.24) is 15.0 Å². The van der Waals surface area contributed by atoms with Crippen molar-refractivity contribution < 1.29 is 9.53 Å². The van der Waals surface area contributed by atoms with Crippen LogP contribution in [0.2, 0.25) is 0 Å². The lowest BCUT2D eigenvalue weighted by atomic mass is 9.80. The van der Waals surface area contributed by atoms with Gasteiger partial charge in [-0.3, -0.25) is 4.79 Å². The number of hydrogen-bond acceptors (Lipinski definition) is 5. The number of para-hydroxylation sites is 2. The number of rotatable bonds is 5. The number of ether oxygens (including phenoxy) is 1. The molecule has 5 rings (SSSR count). The molecule has 4 aromatic rings. The van der Waals surface area contributed by atoms with Crippen molar-refractivity contribution in [3.8, 4) is 17.1 Å². The number of carbonyl (C=O) groups is 1. The predicted molar refractivity (Wildman–Crippen MR) is 138 cm³/mol. The maximum atomic E-state index is 13.6. The molecule has 0 saturated heterocycles. The second-order valence-corrected chi connectivity index (χ2v) is 10.3. The minimum atomic E-state index is -0.287. The number of fused-ring (bicyclic) bond motifs is 2. The third kappa shape index (κ3) is 4.05. The van der Waals surface area contributed by atoms with Crippen LogP contribution in [0, 0.1) is 0 Å². The fourth-order valence-electron chi connectivity index (χ4n) is 4.97. The van der Waals surface area contributed by atoms with Crippen molar-refractivity contribution in [1.29, 1.82) is 0 Å². The average Bonchev–Trinajstić information content (AvgIpc) is 3.26. The SMILES string of the molecule is COc1ccc2c(c1)[C@H](C)CC(C)(C)N2C(=O)CSc1ncccc1-c1nc2ccccc2[nH]1. The van der Waals surface area contributed by atoms with Gasteiger partial charge in [0, 0.05) is 23.0 Å². The molecule has 0 saturated carbocycles. The molecule has 0 aliphatic carbocycles. The summed E-state index contributed by atoms with van der Waals surface area (Å²) < 4.78 is 5.43. The van der Waals surface area contributed by atoms with Gasteiger partial charge in [0.2, 0.25) is 5.91 Å². The molecule has 3 heterocycles. The number of aromatic nitrogens is 3. The molecule has 1 atom stereocenters. The highest BCUT2D eigenvalue weighted by Crippen LogP contribution is 2.45. The summed E-state index contributed by atoms with van der Waals surface area (Å²) in [5.41, 5.74) is 4.61. The van der Waals surface area contributed by atoms with E-state index in [-0.39, 0.29) is 17.2 Å². The fraction of sp³-hybridized carbons (Fsp3) is 0.296. The summed E-state index contributed by atoms with van der Waals surface area (Å²) in [6.07, 6.45) is 2.64. The summed E-state index contributed by atoms with van der Waals surface area (Å²) >= 11 is 1.45. The van der Waals surface area contributed by atoms with Crippen LogP contribution in [0.3, 0.4) is 0 Å². The number of amides is 1. The molecule has 0 spiro atoms. The molecule has 1 aliphatic rings. The van der Waals surface area contributed by atoms with Crippen LogP contribution in [0.1, 0.15) is 38.7 Å². The zero-order chi connectivity index (χ0) is 23.9. The summed E-state index contributed by atoms with van der Waals surface area (Å²) in [5.74, 6) is 2.26. The molecule has 1 amide bonds. The highest BCUT2D eigenvalue weighted by atomic mass is 32.2. The Morgan fingerprint density at radius 2 is 2.03 bits per heavy atom. The number of H-pyrrole nitrogens is 1. The third-order valence-corrected chi connectivity index (χ3v) is 7.41. The largest absolute Gasteiger partial charge is 0.497 e. The second-order valence-electron chi connectivity index (χ2n) is 9.32. The Hall–Kier alpha value is -3.32. The number of benzene rings is 2. The molecule has 34 heavy (non-hydrogen) atoms. The molecule has 1 N–H and O–H groups in total. The lowest BCUT2D eigenvalue weighted by Crippen LogP contribution is -2.52. The quantitative estimate of drug-likeness (QED) is 0.358. The molecule has 0 bridgehead atoms. The number of nitrogens with zero attached hydrogens (tertiary/aromatic N) is 3. The molecule has 0 unspecified atom stereocenters. The Balaban J connectivity index is 1.42. The van der Waals surface area contributed by atoms with Gasteiger partial charge in [-0.1, -0.05) is 30.8 Å². The van der Waals surface area contributed by atoms with Gasteiger partial charge in [0.1, 0.15) is 16.6 Å². The van der Waals surface area contributed by atoms with Crippen LogP contribution >= 0.6 is 11.8 Å². The van der Waals surface area contributed by atoms with Gasteiger partial charge in [-0.25, -0.2) is 9.97 Å². The van der Waals surface area contributed by atoms with E-state index in [1.165, 1.54) is 11.8 Å². The Morgan fingerprint density at radius 1 is 1.21 bits per heavy atom. The number of anilines is 1. The van der Waals surface area contributed by atoms with Gasteiger partial charge in [-0.05, 0) is 74.2 Å². The summed E-state index contributed by atoms with van der Waals surface area (Å²) in [5, 5.41) is 0.785. The maximum Gasteiger partial charge on any atom is 0.237 e. The smallest absolute Gasteiger partial charge is 0.237 e. The lowest BCUT2D eigenvalue weighted by molar-refractivity contribution is -0.117. The molecule has 2 aromatic heterocycles. The molecule has 2 aromatic carbocycles. The number of nitrogens with one attached hydrogen (secondary N) is 1. The minimum Gasteiger partial charge on any atom is -0.497 e. The van der Waals surface area contributed by atoms with E-state index in [4.69, 9.17) is 9.72 Å². The van der Waals surface area contributed by atoms with Crippen LogP contribution < -0.4 is 9.64 Å². The molecular weight excluding hydrogens is 444 g/mol. The fourth-order valence-corrected chi connectivity index (χ4v) is 5.81. The summed E-state index contributed by atoms with van der Waals surface area (Å²) in [6, 6.07) is 17.8. The van der Waals surface area contributed by atoms with E-state index in [9.17, 15) is 4.79 Å². The van der Waals surface area contributed by atoms with Crippen molar-refractivity contribution >= 4 is 34.4 Å². The highest BCUT2D eigenvalue weighted by Gasteiger charge is 2.40. The summed E-state index contributed by atoms with van der Waals surface area (Å²) in [6.45, 7) is 6.49. The van der Waals surface area contributed by atoms with Crippen molar-refractivity contribution in [3.05, 3.63) is 66.4 Å². The van der Waals surface area contributed by atoms with Crippen LogP contribution in [-0.2, 0) is 4.79 Å². The number of carbonyl (C=O) groups excluding carboxylic acids is 1. The normalized spacial score (nSPS) is 16.9. The van der Waals surface area contributed by atoms with Crippen LogP contribution in [0.5, 0.6) is 5.75 Å². The van der Waals surface area contributed by atoms with Crippen molar-refractivity contribution in [3.63, 3.8) is 0 Å². The van der Waals surface area contributed by atoms with Crippen LogP contribution in [0.15, 0.2) is 65.8 Å². The molecule has 0 radical (unpaired) electrons. The Labute approximate surface area is 203 Å². The molecule has 174 valence electrons. The Morgan fingerprint density at radius 3 is 2.82 bits per heavy atom. The van der Waals surface area contributed by atoms with E-state index in [0.717, 1.165) is 50.9 Å². The lowest BCUT2D eigenvalue weighted by Gasteiger charge is -2.46. The maximum absolute atomic E-state index is 13.6.